The topological polar surface area (TPSA) is 74.8 Å². The Morgan fingerprint density at radius 3 is 1.95 bits per heavy atom. The molecule has 0 aromatic heterocycles. The largest absolute Gasteiger partial charge is 0.278 e. The summed E-state index contributed by atoms with van der Waals surface area (Å²) < 4.78 is 0. The molecule has 3 rings (SSSR count). The number of hydrogen-bond donors (Lipinski definition) is 0. The van der Waals surface area contributed by atoms with Gasteiger partial charge in [0.05, 0.1) is 5.57 Å². The summed E-state index contributed by atoms with van der Waals surface area (Å²) in [6, 6.07) is 8.49. The number of hydrogen-bond acceptors (Lipinski definition) is 4. The molecule has 0 aliphatic carbocycles. The first-order valence-electron chi connectivity index (χ1n) is 6.20. The molecule has 0 spiro atoms. The highest BCUT2D eigenvalue weighted by Gasteiger charge is 2.43. The molecule has 1 aromatic rings. The lowest BCUT2D eigenvalue weighted by Crippen LogP contribution is -2.35. The highest BCUT2D eigenvalue weighted by atomic mass is 16.2. The first-order chi connectivity index (χ1) is 10.0. The van der Waals surface area contributed by atoms with Gasteiger partial charge in [0, 0.05) is 19.2 Å². The maximum Gasteiger partial charge on any atom is 0.278 e. The molecule has 0 fully saturated rings. The number of carbonyl (C=O) groups is 4. The van der Waals surface area contributed by atoms with Crippen LogP contribution in [0.1, 0.15) is 5.56 Å². The van der Waals surface area contributed by atoms with E-state index in [2.05, 4.69) is 0 Å². The van der Waals surface area contributed by atoms with Crippen molar-refractivity contribution in [1.29, 1.82) is 0 Å². The zero-order valence-corrected chi connectivity index (χ0v) is 11.1. The number of likely N-dealkylation sites (N-methyl/N-ethyl adjacent to an activating group) is 1. The quantitative estimate of drug-likeness (QED) is 0.732. The van der Waals surface area contributed by atoms with Crippen LogP contribution in [0.3, 0.4) is 0 Å². The van der Waals surface area contributed by atoms with E-state index < -0.39 is 23.6 Å². The SMILES string of the molecule is CN1C(=O)C(c2ccccc2)=C(N2C(=O)C=CC2=O)C1=O. The number of carbonyl (C=O) groups excluding carboxylic acids is 4. The van der Waals surface area contributed by atoms with Gasteiger partial charge in [-0.05, 0) is 5.56 Å². The monoisotopic (exact) mass is 282 g/mol. The maximum absolute atomic E-state index is 12.3. The van der Waals surface area contributed by atoms with Crippen LogP contribution in [0.15, 0.2) is 48.2 Å². The van der Waals surface area contributed by atoms with E-state index in [9.17, 15) is 19.2 Å². The van der Waals surface area contributed by atoms with Crippen molar-refractivity contribution in [3.63, 3.8) is 0 Å². The zero-order valence-electron chi connectivity index (χ0n) is 11.1. The third-order valence-corrected chi connectivity index (χ3v) is 3.36. The molecule has 0 bridgehead atoms. The smallest absolute Gasteiger partial charge is 0.276 e. The summed E-state index contributed by atoms with van der Waals surface area (Å²) in [5, 5.41) is 0. The molecule has 2 heterocycles. The van der Waals surface area contributed by atoms with Crippen molar-refractivity contribution in [2.75, 3.05) is 7.05 Å². The Labute approximate surface area is 119 Å². The van der Waals surface area contributed by atoms with Gasteiger partial charge in [-0.25, -0.2) is 4.90 Å². The van der Waals surface area contributed by atoms with Gasteiger partial charge in [-0.15, -0.1) is 0 Å². The summed E-state index contributed by atoms with van der Waals surface area (Å²) in [4.78, 5) is 49.8. The average molecular weight is 282 g/mol. The summed E-state index contributed by atoms with van der Waals surface area (Å²) in [7, 11) is 1.32. The lowest BCUT2D eigenvalue weighted by molar-refractivity contribution is -0.141. The number of rotatable bonds is 2. The Morgan fingerprint density at radius 1 is 0.810 bits per heavy atom. The third-order valence-electron chi connectivity index (χ3n) is 3.36. The molecule has 0 saturated carbocycles. The van der Waals surface area contributed by atoms with Gasteiger partial charge in [0.1, 0.15) is 5.70 Å². The molecule has 0 radical (unpaired) electrons. The average Bonchev–Trinajstić information content (AvgIpc) is 2.92. The van der Waals surface area contributed by atoms with Gasteiger partial charge < -0.3 is 0 Å². The van der Waals surface area contributed by atoms with Crippen LogP contribution in [0.4, 0.5) is 0 Å². The van der Waals surface area contributed by atoms with Crippen LogP contribution in [0.25, 0.3) is 5.57 Å². The van der Waals surface area contributed by atoms with E-state index in [1.54, 1.807) is 30.3 Å². The molecular formula is C15H10N2O4. The first-order valence-corrected chi connectivity index (χ1v) is 6.20. The predicted octanol–water partition coefficient (Wildman–Crippen LogP) is 0.321. The minimum absolute atomic E-state index is 0.0634. The molecule has 6 nitrogen and oxygen atoms in total. The lowest BCUT2D eigenvalue weighted by Gasteiger charge is -2.15. The second kappa shape index (κ2) is 4.52. The van der Waals surface area contributed by atoms with Crippen molar-refractivity contribution in [2.24, 2.45) is 0 Å². The van der Waals surface area contributed by atoms with Crippen molar-refractivity contribution in [1.82, 2.24) is 9.80 Å². The molecule has 6 heteroatoms. The number of imide groups is 2. The summed E-state index contributed by atoms with van der Waals surface area (Å²) in [5.74, 6) is -2.45. The molecule has 0 unspecified atom stereocenters. The maximum atomic E-state index is 12.3. The molecule has 1 aromatic carbocycles. The van der Waals surface area contributed by atoms with E-state index in [1.807, 2.05) is 0 Å². The van der Waals surface area contributed by atoms with Crippen LogP contribution < -0.4 is 0 Å². The van der Waals surface area contributed by atoms with Crippen molar-refractivity contribution in [3.8, 4) is 0 Å². The van der Waals surface area contributed by atoms with Crippen LogP contribution in [0.5, 0.6) is 0 Å². The fourth-order valence-electron chi connectivity index (χ4n) is 2.32. The fraction of sp³-hybridized carbons (Fsp3) is 0.0667. The van der Waals surface area contributed by atoms with E-state index in [-0.39, 0.29) is 11.3 Å². The number of amides is 4. The van der Waals surface area contributed by atoms with Gasteiger partial charge in [-0.3, -0.25) is 24.1 Å². The summed E-state index contributed by atoms with van der Waals surface area (Å²) in [6.07, 6.45) is 2.15. The van der Waals surface area contributed by atoms with Gasteiger partial charge in [-0.1, -0.05) is 30.3 Å². The Bertz CT molecular complexity index is 728. The molecule has 0 N–H and O–H groups in total. The molecule has 0 saturated heterocycles. The first kappa shape index (κ1) is 13.0. The summed E-state index contributed by atoms with van der Waals surface area (Å²) in [6.45, 7) is 0. The van der Waals surface area contributed by atoms with Crippen LogP contribution in [0, 0.1) is 0 Å². The van der Waals surface area contributed by atoms with Crippen molar-refractivity contribution in [2.45, 2.75) is 0 Å². The van der Waals surface area contributed by atoms with Gasteiger partial charge in [-0.2, -0.15) is 0 Å². The van der Waals surface area contributed by atoms with E-state index in [0.29, 0.717) is 5.56 Å². The normalized spacial score (nSPS) is 18.5. The van der Waals surface area contributed by atoms with Crippen LogP contribution in [-0.4, -0.2) is 40.5 Å². The minimum Gasteiger partial charge on any atom is -0.276 e. The lowest BCUT2D eigenvalue weighted by atomic mass is 10.0. The van der Waals surface area contributed by atoms with Gasteiger partial charge in [0.15, 0.2) is 0 Å². The summed E-state index contributed by atoms with van der Waals surface area (Å²) in [5.41, 5.74) is 0.366. The Kier molecular flexibility index (Phi) is 2.79. The van der Waals surface area contributed by atoms with E-state index in [1.165, 1.54) is 7.05 Å². The highest BCUT2D eigenvalue weighted by molar-refractivity contribution is 6.38. The van der Waals surface area contributed by atoms with Crippen molar-refractivity contribution < 1.29 is 19.2 Å². The van der Waals surface area contributed by atoms with Crippen LogP contribution >= 0.6 is 0 Å². The second-order valence-corrected chi connectivity index (χ2v) is 4.60. The minimum atomic E-state index is -0.663. The standard InChI is InChI=1S/C15H10N2O4/c1-16-14(20)12(9-5-3-2-4-6-9)13(15(16)21)17-10(18)7-8-11(17)19/h2-8H,1H3. The van der Waals surface area contributed by atoms with Crippen LogP contribution in [-0.2, 0) is 19.2 Å². The number of benzene rings is 1. The molecule has 2 aliphatic heterocycles. The third kappa shape index (κ3) is 1.80. The highest BCUT2D eigenvalue weighted by Crippen LogP contribution is 2.32. The van der Waals surface area contributed by atoms with Crippen molar-refractivity contribution in [3.05, 3.63) is 53.7 Å². The van der Waals surface area contributed by atoms with E-state index in [4.69, 9.17) is 0 Å². The fourth-order valence-corrected chi connectivity index (χ4v) is 2.32. The Morgan fingerprint density at radius 2 is 1.38 bits per heavy atom. The van der Waals surface area contributed by atoms with E-state index >= 15 is 0 Å². The molecule has 21 heavy (non-hydrogen) atoms. The van der Waals surface area contributed by atoms with Gasteiger partial charge >= 0.3 is 0 Å². The molecule has 104 valence electrons. The van der Waals surface area contributed by atoms with Crippen molar-refractivity contribution >= 4 is 29.2 Å². The number of nitrogens with zero attached hydrogens (tertiary/aromatic N) is 2. The molecule has 2 aliphatic rings. The summed E-state index contributed by atoms with van der Waals surface area (Å²) >= 11 is 0. The van der Waals surface area contributed by atoms with Crippen LogP contribution in [0.2, 0.25) is 0 Å². The predicted molar refractivity (Wildman–Crippen MR) is 72.1 cm³/mol. The Hall–Kier alpha value is -3.02. The van der Waals surface area contributed by atoms with E-state index in [0.717, 1.165) is 22.0 Å². The Balaban J connectivity index is 2.23. The van der Waals surface area contributed by atoms with Gasteiger partial charge in [0.2, 0.25) is 0 Å². The molecular weight excluding hydrogens is 272 g/mol. The second-order valence-electron chi connectivity index (χ2n) is 4.60. The van der Waals surface area contributed by atoms with Gasteiger partial charge in [0.25, 0.3) is 23.6 Å². The molecule has 0 atom stereocenters. The zero-order chi connectivity index (χ0) is 15.1. The molecule has 4 amide bonds.